The lowest BCUT2D eigenvalue weighted by atomic mass is 10.1. The zero-order chi connectivity index (χ0) is 16.4. The lowest BCUT2D eigenvalue weighted by molar-refractivity contribution is -0.119. The van der Waals surface area contributed by atoms with Gasteiger partial charge in [-0.2, -0.15) is 0 Å². The van der Waals surface area contributed by atoms with Gasteiger partial charge in [-0.1, -0.05) is 0 Å². The van der Waals surface area contributed by atoms with E-state index in [1.165, 1.54) is 11.8 Å². The Hall–Kier alpha value is -2.44. The number of aromatic nitrogens is 1. The van der Waals surface area contributed by atoms with Gasteiger partial charge in [-0.15, -0.1) is 0 Å². The minimum atomic E-state index is -0.456. The molecule has 7 nitrogen and oxygen atoms in total. The third kappa shape index (κ3) is 3.33. The molecule has 0 spiro atoms. The van der Waals surface area contributed by atoms with Crippen LogP contribution in [-0.4, -0.2) is 42.0 Å². The number of cyclic esters (lactones) is 1. The van der Waals surface area contributed by atoms with Gasteiger partial charge in [-0.05, 0) is 30.9 Å². The smallest absolute Gasteiger partial charge is 0.414 e. The minimum Gasteiger partial charge on any atom is -0.442 e. The minimum absolute atomic E-state index is 0.0663. The summed E-state index contributed by atoms with van der Waals surface area (Å²) in [6, 6.07) is 1.85. The molecule has 3 rings (SSSR count). The molecule has 1 N–H and O–H groups in total. The fourth-order valence-electron chi connectivity index (χ4n) is 2.90. The van der Waals surface area contributed by atoms with Gasteiger partial charge in [0.05, 0.1) is 25.0 Å². The van der Waals surface area contributed by atoms with Crippen LogP contribution in [0.1, 0.15) is 42.2 Å². The van der Waals surface area contributed by atoms with Crippen LogP contribution in [-0.2, 0) is 16.0 Å². The number of ketones is 1. The third-order valence-electron chi connectivity index (χ3n) is 4.08. The number of nitrogens with one attached hydrogen (secondary N) is 1. The van der Waals surface area contributed by atoms with Crippen molar-refractivity contribution in [3.63, 3.8) is 0 Å². The second kappa shape index (κ2) is 6.36. The van der Waals surface area contributed by atoms with Gasteiger partial charge >= 0.3 is 6.09 Å². The molecule has 1 aromatic heterocycles. The zero-order valence-corrected chi connectivity index (χ0v) is 13.0. The Morgan fingerprint density at radius 3 is 2.96 bits per heavy atom. The summed E-state index contributed by atoms with van der Waals surface area (Å²) in [5.41, 5.74) is 2.05. The van der Waals surface area contributed by atoms with Gasteiger partial charge in [0, 0.05) is 13.3 Å². The normalized spacial score (nSPS) is 20.7. The lowest BCUT2D eigenvalue weighted by Crippen LogP contribution is -2.33. The number of carbonyl (C=O) groups is 3. The van der Waals surface area contributed by atoms with Crippen molar-refractivity contribution in [1.82, 2.24) is 10.3 Å². The number of rotatable bonds is 3. The van der Waals surface area contributed by atoms with Crippen molar-refractivity contribution >= 4 is 23.5 Å². The number of pyridine rings is 1. The van der Waals surface area contributed by atoms with Gasteiger partial charge in [0.1, 0.15) is 11.8 Å². The van der Waals surface area contributed by atoms with Crippen LogP contribution in [0.3, 0.4) is 0 Å². The van der Waals surface area contributed by atoms with E-state index >= 15 is 0 Å². The molecule has 1 aromatic rings. The molecule has 0 radical (unpaired) electrons. The number of carbonyl (C=O) groups excluding carboxylic acids is 3. The molecule has 7 heteroatoms. The molecular weight excluding hydrogens is 298 g/mol. The first kappa shape index (κ1) is 15.5. The predicted molar refractivity (Wildman–Crippen MR) is 82.4 cm³/mol. The number of fused-ring (bicyclic) bond motifs is 1. The molecule has 2 heterocycles. The van der Waals surface area contributed by atoms with Gasteiger partial charge in [0.25, 0.3) is 0 Å². The van der Waals surface area contributed by atoms with E-state index in [0.717, 1.165) is 24.8 Å². The number of amides is 2. The van der Waals surface area contributed by atoms with Gasteiger partial charge in [0.15, 0.2) is 5.78 Å². The van der Waals surface area contributed by atoms with Crippen molar-refractivity contribution in [3.05, 3.63) is 23.5 Å². The molecule has 2 amide bonds. The standard InChI is InChI=1S/C16H19N3O4/c1-10(20)17-8-13-9-19(16(22)23-13)12-6-11-4-2-3-5-14(21)15(11)18-7-12/h6-7,13H,2-5,8-9H2,1H3,(H,17,20)/t13-/m0/s1. The maximum absolute atomic E-state index is 12.0. The molecule has 1 fully saturated rings. The van der Waals surface area contributed by atoms with Gasteiger partial charge in [-0.25, -0.2) is 4.79 Å². The van der Waals surface area contributed by atoms with E-state index in [-0.39, 0.29) is 24.3 Å². The van der Waals surface area contributed by atoms with Crippen LogP contribution >= 0.6 is 0 Å². The predicted octanol–water partition coefficient (Wildman–Crippen LogP) is 1.45. The van der Waals surface area contributed by atoms with Crippen molar-refractivity contribution in [2.45, 2.75) is 38.7 Å². The zero-order valence-electron chi connectivity index (χ0n) is 13.0. The Bertz CT molecular complexity index is 659. The second-order valence-corrected chi connectivity index (χ2v) is 5.88. The molecule has 0 aromatic carbocycles. The number of hydrogen-bond acceptors (Lipinski definition) is 5. The average molecular weight is 317 g/mol. The summed E-state index contributed by atoms with van der Waals surface area (Å²) in [5, 5.41) is 2.64. The molecule has 0 unspecified atom stereocenters. The largest absolute Gasteiger partial charge is 0.442 e. The summed E-state index contributed by atoms with van der Waals surface area (Å²) in [6.07, 6.45) is 3.84. The number of Topliss-reactive ketones (excluding diaryl/α,β-unsaturated/α-hetero) is 1. The summed E-state index contributed by atoms with van der Waals surface area (Å²) in [5.74, 6) is -0.0960. The first-order valence-electron chi connectivity index (χ1n) is 7.79. The number of anilines is 1. The van der Waals surface area contributed by atoms with E-state index in [9.17, 15) is 14.4 Å². The summed E-state index contributed by atoms with van der Waals surface area (Å²) in [4.78, 5) is 40.7. The molecule has 122 valence electrons. The Labute approximate surface area is 134 Å². The van der Waals surface area contributed by atoms with Crippen molar-refractivity contribution in [2.75, 3.05) is 18.0 Å². The molecule has 0 saturated carbocycles. The summed E-state index contributed by atoms with van der Waals surface area (Å²) in [6.45, 7) is 2.06. The van der Waals surface area contributed by atoms with E-state index in [1.54, 1.807) is 6.20 Å². The molecule has 2 aliphatic rings. The van der Waals surface area contributed by atoms with E-state index in [0.29, 0.717) is 24.3 Å². The van der Waals surface area contributed by atoms with E-state index in [4.69, 9.17) is 4.74 Å². The molecule has 1 aliphatic carbocycles. The van der Waals surface area contributed by atoms with Crippen LogP contribution in [0.4, 0.5) is 10.5 Å². The number of hydrogen-bond donors (Lipinski definition) is 1. The monoisotopic (exact) mass is 317 g/mol. The van der Waals surface area contributed by atoms with Gasteiger partial charge in [0.2, 0.25) is 5.91 Å². The average Bonchev–Trinajstić information content (AvgIpc) is 2.79. The van der Waals surface area contributed by atoms with Crippen LogP contribution in [0.25, 0.3) is 0 Å². The molecular formula is C16H19N3O4. The van der Waals surface area contributed by atoms with Crippen LogP contribution < -0.4 is 10.2 Å². The Morgan fingerprint density at radius 1 is 1.39 bits per heavy atom. The maximum atomic E-state index is 12.0. The highest BCUT2D eigenvalue weighted by Gasteiger charge is 2.33. The highest BCUT2D eigenvalue weighted by molar-refractivity contribution is 5.97. The van der Waals surface area contributed by atoms with Crippen molar-refractivity contribution < 1.29 is 19.1 Å². The topological polar surface area (TPSA) is 88.6 Å². The highest BCUT2D eigenvalue weighted by atomic mass is 16.6. The van der Waals surface area contributed by atoms with Crippen LogP contribution in [0.5, 0.6) is 0 Å². The van der Waals surface area contributed by atoms with Crippen molar-refractivity contribution in [1.29, 1.82) is 0 Å². The Balaban J connectivity index is 1.77. The quantitative estimate of drug-likeness (QED) is 0.852. The number of ether oxygens (including phenoxy) is 1. The molecule has 1 saturated heterocycles. The van der Waals surface area contributed by atoms with Crippen LogP contribution in [0.2, 0.25) is 0 Å². The highest BCUT2D eigenvalue weighted by Crippen LogP contribution is 2.26. The van der Waals surface area contributed by atoms with Crippen LogP contribution in [0.15, 0.2) is 12.3 Å². The maximum Gasteiger partial charge on any atom is 0.414 e. The number of nitrogens with zero attached hydrogens (tertiary/aromatic N) is 2. The van der Waals surface area contributed by atoms with E-state index in [2.05, 4.69) is 10.3 Å². The van der Waals surface area contributed by atoms with E-state index < -0.39 is 6.09 Å². The van der Waals surface area contributed by atoms with Crippen molar-refractivity contribution in [3.8, 4) is 0 Å². The fraction of sp³-hybridized carbons (Fsp3) is 0.500. The first-order chi connectivity index (χ1) is 11.0. The molecule has 1 atom stereocenters. The summed E-state index contributed by atoms with van der Waals surface area (Å²) < 4.78 is 5.25. The van der Waals surface area contributed by atoms with E-state index in [1.807, 2.05) is 6.07 Å². The van der Waals surface area contributed by atoms with Crippen molar-refractivity contribution in [2.24, 2.45) is 0 Å². The summed E-state index contributed by atoms with van der Waals surface area (Å²) in [7, 11) is 0. The Kier molecular flexibility index (Phi) is 4.27. The number of aryl methyl sites for hydroxylation is 1. The second-order valence-electron chi connectivity index (χ2n) is 5.88. The fourth-order valence-corrected chi connectivity index (χ4v) is 2.90. The summed E-state index contributed by atoms with van der Waals surface area (Å²) >= 11 is 0. The lowest BCUT2D eigenvalue weighted by Gasteiger charge is -2.15. The van der Waals surface area contributed by atoms with Crippen LogP contribution in [0, 0.1) is 0 Å². The van der Waals surface area contributed by atoms with Gasteiger partial charge < -0.3 is 10.1 Å². The molecule has 1 aliphatic heterocycles. The SMILES string of the molecule is CC(=O)NC[C@H]1CN(c2cnc3c(c2)CCCCC3=O)C(=O)O1. The molecule has 23 heavy (non-hydrogen) atoms. The third-order valence-corrected chi connectivity index (χ3v) is 4.08. The van der Waals surface area contributed by atoms with Gasteiger partial charge in [-0.3, -0.25) is 19.5 Å². The molecule has 0 bridgehead atoms. The first-order valence-corrected chi connectivity index (χ1v) is 7.79. The Morgan fingerprint density at radius 2 is 2.17 bits per heavy atom.